The van der Waals surface area contributed by atoms with Crippen LogP contribution in [0, 0.1) is 11.5 Å². The predicted molar refractivity (Wildman–Crippen MR) is 61.4 cm³/mol. The number of nitrogens with one attached hydrogen (secondary N) is 2. The van der Waals surface area contributed by atoms with Gasteiger partial charge >= 0.3 is 0 Å². The first kappa shape index (κ1) is 12.2. The van der Waals surface area contributed by atoms with Crippen LogP contribution in [-0.2, 0) is 4.79 Å². The molecule has 0 heterocycles. The van der Waals surface area contributed by atoms with Gasteiger partial charge in [0.25, 0.3) is 0 Å². The molecule has 1 aliphatic carbocycles. The molecular formula is C11H16N4O. The highest BCUT2D eigenvalue weighted by molar-refractivity contribution is 5.94. The highest BCUT2D eigenvalue weighted by Gasteiger charge is 2.16. The molecule has 5 nitrogen and oxygen atoms in total. The summed E-state index contributed by atoms with van der Waals surface area (Å²) in [5, 5.41) is 14.6. The second kappa shape index (κ2) is 4.79. The number of ketones is 1. The van der Waals surface area contributed by atoms with Gasteiger partial charge in [-0.15, -0.1) is 4.99 Å². The van der Waals surface area contributed by atoms with Gasteiger partial charge in [0.15, 0.2) is 5.78 Å². The van der Waals surface area contributed by atoms with Crippen LogP contribution in [0.2, 0.25) is 0 Å². The second-order valence-electron chi connectivity index (χ2n) is 4.70. The molecule has 0 aliphatic heterocycles. The minimum atomic E-state index is -0.189. The van der Waals surface area contributed by atoms with Crippen LogP contribution in [0.4, 0.5) is 0 Å². The summed E-state index contributed by atoms with van der Waals surface area (Å²) in [6.45, 7) is 5.90. The van der Waals surface area contributed by atoms with E-state index >= 15 is 0 Å². The first-order valence-electron chi connectivity index (χ1n) is 5.16. The van der Waals surface area contributed by atoms with E-state index in [1.807, 2.05) is 20.8 Å². The zero-order chi connectivity index (χ0) is 12.2. The number of aliphatic imine (C=N–C) groups is 1. The lowest BCUT2D eigenvalue weighted by molar-refractivity contribution is -0.114. The third-order valence-electron chi connectivity index (χ3n) is 1.91. The maximum absolute atomic E-state index is 11.0. The normalized spacial score (nSPS) is 16.8. The molecule has 0 aromatic rings. The first-order valence-corrected chi connectivity index (χ1v) is 5.16. The maximum Gasteiger partial charge on any atom is 0.211 e. The molecule has 0 saturated carbocycles. The van der Waals surface area contributed by atoms with E-state index in [1.54, 1.807) is 12.3 Å². The van der Waals surface area contributed by atoms with Crippen molar-refractivity contribution in [2.45, 2.75) is 39.2 Å². The largest absolute Gasteiger partial charge is 0.351 e. The van der Waals surface area contributed by atoms with Gasteiger partial charge in [0.2, 0.25) is 12.2 Å². The van der Waals surface area contributed by atoms with Crippen LogP contribution >= 0.6 is 0 Å². The molecule has 0 spiro atoms. The summed E-state index contributed by atoms with van der Waals surface area (Å²) in [5.41, 5.74) is 0.613. The van der Waals surface area contributed by atoms with E-state index in [-0.39, 0.29) is 11.3 Å². The van der Waals surface area contributed by atoms with E-state index in [1.165, 1.54) is 0 Å². The fourth-order valence-electron chi connectivity index (χ4n) is 1.34. The van der Waals surface area contributed by atoms with Crippen molar-refractivity contribution in [2.75, 3.05) is 0 Å². The topological polar surface area (TPSA) is 77.3 Å². The molecule has 0 atom stereocenters. The Balaban J connectivity index is 2.67. The molecule has 0 fully saturated rings. The number of carbonyl (C=O) groups excluding carboxylic acids is 1. The highest BCUT2D eigenvalue weighted by Crippen LogP contribution is 2.11. The Morgan fingerprint density at radius 2 is 2.19 bits per heavy atom. The van der Waals surface area contributed by atoms with E-state index in [0.29, 0.717) is 18.8 Å². The lowest BCUT2D eigenvalue weighted by Gasteiger charge is -2.23. The molecule has 0 bridgehead atoms. The average molecular weight is 220 g/mol. The summed E-state index contributed by atoms with van der Waals surface area (Å²) in [4.78, 5) is 14.7. The van der Waals surface area contributed by atoms with Gasteiger partial charge in [-0.25, -0.2) is 0 Å². The summed E-state index contributed by atoms with van der Waals surface area (Å²) >= 11 is 0. The number of hydrogen-bond donors (Lipinski definition) is 2. The number of rotatable bonds is 1. The summed E-state index contributed by atoms with van der Waals surface area (Å²) in [6.07, 6.45) is 4.48. The average Bonchev–Trinajstić information content (AvgIpc) is 2.48. The van der Waals surface area contributed by atoms with Crippen molar-refractivity contribution in [1.82, 2.24) is 10.6 Å². The minimum absolute atomic E-state index is 0.106. The molecular weight excluding hydrogens is 204 g/mol. The van der Waals surface area contributed by atoms with Crippen LogP contribution in [0.25, 0.3) is 0 Å². The Morgan fingerprint density at radius 1 is 1.50 bits per heavy atom. The van der Waals surface area contributed by atoms with Gasteiger partial charge in [0.05, 0.1) is 0 Å². The monoisotopic (exact) mass is 220 g/mol. The molecule has 0 unspecified atom stereocenters. The molecule has 0 aromatic heterocycles. The van der Waals surface area contributed by atoms with Crippen molar-refractivity contribution in [3.8, 4) is 6.19 Å². The Bertz CT molecular complexity index is 382. The van der Waals surface area contributed by atoms with Gasteiger partial charge in [0.1, 0.15) is 0 Å². The smallest absolute Gasteiger partial charge is 0.211 e. The van der Waals surface area contributed by atoms with Crippen LogP contribution in [0.3, 0.4) is 0 Å². The lowest BCUT2D eigenvalue weighted by Crippen LogP contribution is -2.47. The molecule has 0 aromatic carbocycles. The molecule has 1 aliphatic rings. The van der Waals surface area contributed by atoms with Crippen molar-refractivity contribution in [2.24, 2.45) is 4.99 Å². The SMILES string of the molecule is CC(C)(C)NC(=NC#N)NC1=CC(=O)CC1. The van der Waals surface area contributed by atoms with Crippen molar-refractivity contribution in [3.63, 3.8) is 0 Å². The van der Waals surface area contributed by atoms with Gasteiger partial charge in [0, 0.05) is 23.7 Å². The number of guanidine groups is 1. The number of carbonyl (C=O) groups is 1. The Kier molecular flexibility index (Phi) is 3.67. The van der Waals surface area contributed by atoms with Gasteiger partial charge in [-0.3, -0.25) is 4.79 Å². The standard InChI is InChI=1S/C11H16N4O/c1-11(2,3)15-10(13-7-12)14-8-4-5-9(16)6-8/h6H,4-5H2,1-3H3,(H2,13,14,15). The molecule has 2 N–H and O–H groups in total. The van der Waals surface area contributed by atoms with Gasteiger partial charge in [-0.1, -0.05) is 0 Å². The lowest BCUT2D eigenvalue weighted by atomic mass is 10.1. The molecule has 86 valence electrons. The van der Waals surface area contributed by atoms with Gasteiger partial charge < -0.3 is 10.6 Å². The van der Waals surface area contributed by atoms with Gasteiger partial charge in [-0.2, -0.15) is 5.26 Å². The quantitative estimate of drug-likeness (QED) is 0.393. The van der Waals surface area contributed by atoms with Crippen molar-refractivity contribution in [3.05, 3.63) is 11.8 Å². The van der Waals surface area contributed by atoms with Crippen LogP contribution < -0.4 is 10.6 Å². The Labute approximate surface area is 95.2 Å². The zero-order valence-corrected chi connectivity index (χ0v) is 9.79. The first-order chi connectivity index (χ1) is 7.40. The molecule has 5 heteroatoms. The van der Waals surface area contributed by atoms with E-state index < -0.39 is 0 Å². The minimum Gasteiger partial charge on any atom is -0.351 e. The van der Waals surface area contributed by atoms with Crippen molar-refractivity contribution in [1.29, 1.82) is 5.26 Å². The van der Waals surface area contributed by atoms with E-state index in [2.05, 4.69) is 15.6 Å². The van der Waals surface area contributed by atoms with Crippen LogP contribution in [-0.4, -0.2) is 17.3 Å². The summed E-state index contributed by atoms with van der Waals surface area (Å²) < 4.78 is 0. The van der Waals surface area contributed by atoms with E-state index in [4.69, 9.17) is 5.26 Å². The number of allylic oxidation sites excluding steroid dienone is 2. The third-order valence-corrected chi connectivity index (χ3v) is 1.91. The van der Waals surface area contributed by atoms with Gasteiger partial charge in [-0.05, 0) is 27.2 Å². The number of nitrogens with zero attached hydrogens (tertiary/aromatic N) is 2. The summed E-state index contributed by atoms with van der Waals surface area (Å²) in [5.74, 6) is 0.491. The highest BCUT2D eigenvalue weighted by atomic mass is 16.1. The molecule has 1 rings (SSSR count). The fraction of sp³-hybridized carbons (Fsp3) is 0.545. The molecule has 0 radical (unpaired) electrons. The fourth-order valence-corrected chi connectivity index (χ4v) is 1.34. The van der Waals surface area contributed by atoms with Crippen molar-refractivity contribution < 1.29 is 4.79 Å². The van der Waals surface area contributed by atoms with Crippen LogP contribution in [0.1, 0.15) is 33.6 Å². The van der Waals surface area contributed by atoms with E-state index in [9.17, 15) is 4.79 Å². The molecule has 0 saturated heterocycles. The van der Waals surface area contributed by atoms with Crippen LogP contribution in [0.15, 0.2) is 16.8 Å². The van der Waals surface area contributed by atoms with Crippen molar-refractivity contribution >= 4 is 11.7 Å². The third kappa shape index (κ3) is 4.13. The molecule has 16 heavy (non-hydrogen) atoms. The maximum atomic E-state index is 11.0. The zero-order valence-electron chi connectivity index (χ0n) is 9.79. The Morgan fingerprint density at radius 3 is 2.62 bits per heavy atom. The summed E-state index contributed by atoms with van der Waals surface area (Å²) in [6, 6.07) is 0. The van der Waals surface area contributed by atoms with E-state index in [0.717, 1.165) is 5.70 Å². The predicted octanol–water partition coefficient (Wildman–Crippen LogP) is 1.05. The second-order valence-corrected chi connectivity index (χ2v) is 4.70. The Hall–Kier alpha value is -1.83. The molecule has 0 amide bonds. The van der Waals surface area contributed by atoms with Crippen LogP contribution in [0.5, 0.6) is 0 Å². The number of nitriles is 1. The summed E-state index contributed by atoms with van der Waals surface area (Å²) in [7, 11) is 0. The number of hydrogen-bond acceptors (Lipinski definition) is 3.